The highest BCUT2D eigenvalue weighted by Crippen LogP contribution is 2.25. The van der Waals surface area contributed by atoms with Crippen molar-refractivity contribution in [3.8, 4) is 0 Å². The highest BCUT2D eigenvalue weighted by molar-refractivity contribution is 7.92. The number of hydrogen-bond donors (Lipinski definition) is 2. The molecule has 0 heterocycles. The third-order valence-corrected chi connectivity index (χ3v) is 4.29. The van der Waals surface area contributed by atoms with Gasteiger partial charge < -0.3 is 5.32 Å². The van der Waals surface area contributed by atoms with E-state index >= 15 is 0 Å². The lowest BCUT2D eigenvalue weighted by Gasteiger charge is -2.10. The molecule has 2 N–H and O–H groups in total. The number of sulfonamides is 1. The van der Waals surface area contributed by atoms with Gasteiger partial charge in [0.05, 0.1) is 22.0 Å². The monoisotopic (exact) mass is 372 g/mol. The predicted molar refractivity (Wildman–Crippen MR) is 94.1 cm³/mol. The summed E-state index contributed by atoms with van der Waals surface area (Å²) in [5, 5.41) is 3.44. The van der Waals surface area contributed by atoms with Crippen LogP contribution in [0.2, 0.25) is 10.0 Å². The van der Waals surface area contributed by atoms with E-state index in [2.05, 4.69) is 10.0 Å². The number of anilines is 2. The van der Waals surface area contributed by atoms with Crippen molar-refractivity contribution in [1.29, 1.82) is 0 Å². The number of rotatable bonds is 4. The molecule has 0 aliphatic rings. The number of hydrogen-bond acceptors (Lipinski definition) is 3. The highest BCUT2D eigenvalue weighted by Gasteiger charge is 2.11. The van der Waals surface area contributed by atoms with Gasteiger partial charge in [-0.25, -0.2) is 8.42 Å². The van der Waals surface area contributed by atoms with Crippen LogP contribution in [0, 0.1) is 6.92 Å². The molecule has 0 aromatic heterocycles. The van der Waals surface area contributed by atoms with Crippen molar-refractivity contribution in [2.75, 3.05) is 16.3 Å². The van der Waals surface area contributed by atoms with Crippen LogP contribution in [-0.4, -0.2) is 20.6 Å². The Hall–Kier alpha value is -1.76. The summed E-state index contributed by atoms with van der Waals surface area (Å²) in [6.45, 7) is 1.71. The average molecular weight is 373 g/mol. The van der Waals surface area contributed by atoms with Gasteiger partial charge in [0.2, 0.25) is 10.0 Å². The topological polar surface area (TPSA) is 75.3 Å². The lowest BCUT2D eigenvalue weighted by Crippen LogP contribution is -2.14. The van der Waals surface area contributed by atoms with Gasteiger partial charge in [-0.05, 0) is 48.9 Å². The summed E-state index contributed by atoms with van der Waals surface area (Å²) < 4.78 is 24.9. The molecule has 122 valence electrons. The predicted octanol–water partition coefficient (Wildman–Crippen LogP) is 3.93. The number of aryl methyl sites for hydroxylation is 1. The van der Waals surface area contributed by atoms with E-state index < -0.39 is 10.0 Å². The van der Waals surface area contributed by atoms with Crippen LogP contribution in [0.4, 0.5) is 11.4 Å². The van der Waals surface area contributed by atoms with E-state index in [1.165, 1.54) is 6.07 Å². The van der Waals surface area contributed by atoms with Crippen LogP contribution in [0.15, 0.2) is 36.4 Å². The standard InChI is InChI=1S/C15H14Cl2N2O3S/c1-9-7-10(3-6-14(9)19-23(2,21)22)15(20)18-11-4-5-12(16)13(17)8-11/h3-8,19H,1-2H3,(H,18,20). The summed E-state index contributed by atoms with van der Waals surface area (Å²) in [6.07, 6.45) is 1.07. The Morgan fingerprint density at radius 2 is 1.74 bits per heavy atom. The molecule has 2 aromatic rings. The lowest BCUT2D eigenvalue weighted by molar-refractivity contribution is 0.102. The zero-order valence-corrected chi connectivity index (χ0v) is 14.7. The van der Waals surface area contributed by atoms with Gasteiger partial charge >= 0.3 is 0 Å². The first-order valence-electron chi connectivity index (χ1n) is 6.50. The molecule has 0 atom stereocenters. The minimum absolute atomic E-state index is 0.336. The Bertz CT molecular complexity index is 867. The summed E-state index contributed by atoms with van der Waals surface area (Å²) >= 11 is 11.7. The van der Waals surface area contributed by atoms with E-state index in [0.29, 0.717) is 32.5 Å². The number of halogens is 2. The van der Waals surface area contributed by atoms with Gasteiger partial charge in [0, 0.05) is 11.3 Å². The van der Waals surface area contributed by atoms with E-state index in [-0.39, 0.29) is 5.91 Å². The smallest absolute Gasteiger partial charge is 0.255 e. The lowest BCUT2D eigenvalue weighted by atomic mass is 10.1. The molecule has 23 heavy (non-hydrogen) atoms. The molecule has 0 radical (unpaired) electrons. The molecule has 0 aliphatic carbocycles. The zero-order valence-electron chi connectivity index (χ0n) is 12.4. The molecule has 0 unspecified atom stereocenters. The van der Waals surface area contributed by atoms with Crippen molar-refractivity contribution in [2.45, 2.75) is 6.92 Å². The quantitative estimate of drug-likeness (QED) is 0.853. The highest BCUT2D eigenvalue weighted by atomic mass is 35.5. The SMILES string of the molecule is Cc1cc(C(=O)Nc2ccc(Cl)c(Cl)c2)ccc1NS(C)(=O)=O. The molecule has 0 spiro atoms. The van der Waals surface area contributed by atoms with E-state index in [1.54, 1.807) is 37.3 Å². The maximum Gasteiger partial charge on any atom is 0.255 e. The van der Waals surface area contributed by atoms with Gasteiger partial charge in [-0.15, -0.1) is 0 Å². The molecule has 2 aromatic carbocycles. The van der Waals surface area contributed by atoms with Gasteiger partial charge in [0.25, 0.3) is 5.91 Å². The minimum atomic E-state index is -3.37. The third kappa shape index (κ3) is 4.86. The molecular weight excluding hydrogens is 359 g/mol. The van der Waals surface area contributed by atoms with Crippen molar-refractivity contribution < 1.29 is 13.2 Å². The summed E-state index contributed by atoms with van der Waals surface area (Å²) in [4.78, 5) is 12.2. The van der Waals surface area contributed by atoms with Crippen LogP contribution in [0.3, 0.4) is 0 Å². The Balaban J connectivity index is 2.19. The van der Waals surface area contributed by atoms with E-state index in [1.807, 2.05) is 0 Å². The van der Waals surface area contributed by atoms with Crippen molar-refractivity contribution in [2.24, 2.45) is 0 Å². The van der Waals surface area contributed by atoms with Crippen molar-refractivity contribution in [1.82, 2.24) is 0 Å². The Labute approximate surface area is 144 Å². The second kappa shape index (κ2) is 6.78. The number of amides is 1. The minimum Gasteiger partial charge on any atom is -0.322 e. The van der Waals surface area contributed by atoms with Crippen LogP contribution in [0.25, 0.3) is 0 Å². The van der Waals surface area contributed by atoms with E-state index in [4.69, 9.17) is 23.2 Å². The van der Waals surface area contributed by atoms with Crippen molar-refractivity contribution in [3.05, 3.63) is 57.6 Å². The molecule has 5 nitrogen and oxygen atoms in total. The van der Waals surface area contributed by atoms with Crippen LogP contribution in [0.5, 0.6) is 0 Å². The first kappa shape index (κ1) is 17.6. The molecule has 0 fully saturated rings. The Kier molecular flexibility index (Phi) is 5.19. The number of benzene rings is 2. The number of carbonyl (C=O) groups excluding carboxylic acids is 1. The molecule has 0 bridgehead atoms. The molecule has 8 heteroatoms. The van der Waals surface area contributed by atoms with Gasteiger partial charge in [-0.3, -0.25) is 9.52 Å². The largest absolute Gasteiger partial charge is 0.322 e. The molecule has 0 saturated carbocycles. The second-order valence-electron chi connectivity index (χ2n) is 4.99. The second-order valence-corrected chi connectivity index (χ2v) is 7.55. The fraction of sp³-hybridized carbons (Fsp3) is 0.133. The Morgan fingerprint density at radius 1 is 1.04 bits per heavy atom. The summed E-state index contributed by atoms with van der Waals surface area (Å²) in [5.41, 5.74) is 1.98. The maximum atomic E-state index is 12.2. The number of nitrogens with one attached hydrogen (secondary N) is 2. The van der Waals surface area contributed by atoms with Gasteiger partial charge in [-0.1, -0.05) is 23.2 Å². The molecular formula is C15H14Cl2N2O3S. The number of carbonyl (C=O) groups is 1. The van der Waals surface area contributed by atoms with E-state index in [0.717, 1.165) is 6.26 Å². The summed E-state index contributed by atoms with van der Waals surface area (Å²) in [7, 11) is -3.37. The first-order chi connectivity index (χ1) is 10.7. The van der Waals surface area contributed by atoms with Gasteiger partial charge in [0.15, 0.2) is 0 Å². The van der Waals surface area contributed by atoms with Crippen molar-refractivity contribution in [3.63, 3.8) is 0 Å². The van der Waals surface area contributed by atoms with Gasteiger partial charge in [-0.2, -0.15) is 0 Å². The molecule has 1 amide bonds. The van der Waals surface area contributed by atoms with E-state index in [9.17, 15) is 13.2 Å². The molecule has 2 rings (SSSR count). The summed E-state index contributed by atoms with van der Waals surface area (Å²) in [6, 6.07) is 9.45. The summed E-state index contributed by atoms with van der Waals surface area (Å²) in [5.74, 6) is -0.336. The first-order valence-corrected chi connectivity index (χ1v) is 9.15. The van der Waals surface area contributed by atoms with Crippen LogP contribution in [0.1, 0.15) is 15.9 Å². The third-order valence-electron chi connectivity index (χ3n) is 2.96. The van der Waals surface area contributed by atoms with Crippen molar-refractivity contribution >= 4 is 50.5 Å². The van der Waals surface area contributed by atoms with Crippen LogP contribution in [-0.2, 0) is 10.0 Å². The zero-order chi connectivity index (χ0) is 17.2. The Morgan fingerprint density at radius 3 is 2.30 bits per heavy atom. The normalized spacial score (nSPS) is 11.1. The fourth-order valence-electron chi connectivity index (χ4n) is 1.90. The van der Waals surface area contributed by atoms with Crippen LogP contribution < -0.4 is 10.0 Å². The molecule has 0 saturated heterocycles. The van der Waals surface area contributed by atoms with Crippen LogP contribution >= 0.6 is 23.2 Å². The average Bonchev–Trinajstić information content (AvgIpc) is 2.43. The van der Waals surface area contributed by atoms with Gasteiger partial charge in [0.1, 0.15) is 0 Å². The molecule has 0 aliphatic heterocycles. The fourth-order valence-corrected chi connectivity index (χ4v) is 2.82. The maximum absolute atomic E-state index is 12.2.